The Balaban J connectivity index is 0.858. The van der Waals surface area contributed by atoms with E-state index in [-0.39, 0.29) is 54.9 Å². The van der Waals surface area contributed by atoms with Gasteiger partial charge in [-0.2, -0.15) is 0 Å². The van der Waals surface area contributed by atoms with E-state index in [1.807, 2.05) is 12.3 Å². The van der Waals surface area contributed by atoms with Crippen molar-refractivity contribution in [3.63, 3.8) is 0 Å². The van der Waals surface area contributed by atoms with Gasteiger partial charge >= 0.3 is 0 Å². The van der Waals surface area contributed by atoms with Crippen molar-refractivity contribution in [2.75, 3.05) is 57.7 Å². The number of carbonyl (C=O) groups excluding carboxylic acids is 3. The van der Waals surface area contributed by atoms with Gasteiger partial charge in [-0.25, -0.2) is 12.8 Å². The number of anilines is 1. The molecule has 1 fully saturated rings. The fourth-order valence-electron chi connectivity index (χ4n) is 6.34. The summed E-state index contributed by atoms with van der Waals surface area (Å²) in [6.45, 7) is 2.71. The summed E-state index contributed by atoms with van der Waals surface area (Å²) in [5.41, 5.74) is 9.78. The van der Waals surface area contributed by atoms with Crippen LogP contribution < -0.4 is 26.2 Å². The number of hydrazine groups is 2. The zero-order valence-corrected chi connectivity index (χ0v) is 27.7. The minimum atomic E-state index is -3.64. The van der Waals surface area contributed by atoms with Crippen molar-refractivity contribution >= 4 is 33.2 Å². The van der Waals surface area contributed by atoms with Crippen LogP contribution in [0.5, 0.6) is 5.75 Å². The Bertz CT molecular complexity index is 1760. The average Bonchev–Trinajstić information content (AvgIpc) is 3.74. The van der Waals surface area contributed by atoms with Crippen LogP contribution in [0.15, 0.2) is 47.1 Å². The van der Waals surface area contributed by atoms with Gasteiger partial charge in [0.05, 0.1) is 50.1 Å². The Morgan fingerprint density at radius 1 is 1.04 bits per heavy atom. The Labute approximate surface area is 282 Å². The molecule has 6 rings (SSSR count). The van der Waals surface area contributed by atoms with Gasteiger partial charge in [-0.15, -0.1) is 5.12 Å². The number of hydrogen-bond acceptors (Lipinski definition) is 13. The van der Waals surface area contributed by atoms with E-state index in [2.05, 4.69) is 21.5 Å². The van der Waals surface area contributed by atoms with Gasteiger partial charge in [-0.05, 0) is 30.7 Å². The maximum atomic E-state index is 14.2. The van der Waals surface area contributed by atoms with Crippen LogP contribution in [0.25, 0.3) is 0 Å². The molecule has 5 N–H and O–H groups in total. The van der Waals surface area contributed by atoms with Crippen LogP contribution in [0.1, 0.15) is 46.0 Å². The first-order chi connectivity index (χ1) is 23.5. The van der Waals surface area contributed by atoms with Crippen molar-refractivity contribution in [2.24, 2.45) is 0 Å². The predicted octanol–water partition coefficient (Wildman–Crippen LogP) is 0.469. The fraction of sp³-hybridized carbons (Fsp3) is 0.469. The molecule has 3 aliphatic heterocycles. The number of amides is 3. The number of ether oxygens (including phenoxy) is 3. The fourth-order valence-corrected chi connectivity index (χ4v) is 7.30. The Morgan fingerprint density at radius 2 is 1.82 bits per heavy atom. The quantitative estimate of drug-likeness (QED) is 0.127. The number of carbonyl (C=O) groups is 3. The lowest BCUT2D eigenvalue weighted by molar-refractivity contribution is -0.136. The molecule has 0 radical (unpaired) electrons. The molecule has 3 amide bonds. The van der Waals surface area contributed by atoms with Gasteiger partial charge < -0.3 is 40.4 Å². The highest BCUT2D eigenvalue weighted by Gasteiger charge is 2.40. The number of halogens is 1. The molecule has 3 heterocycles. The van der Waals surface area contributed by atoms with Crippen molar-refractivity contribution in [3.8, 4) is 5.75 Å². The maximum Gasteiger partial charge on any atom is 0.255 e. The summed E-state index contributed by atoms with van der Waals surface area (Å²) in [7, 11) is -3.64. The van der Waals surface area contributed by atoms with Crippen molar-refractivity contribution in [3.05, 3.63) is 64.5 Å². The molecule has 49 heavy (non-hydrogen) atoms. The molecule has 15 nitrogen and oxygen atoms in total. The van der Waals surface area contributed by atoms with Gasteiger partial charge in [-0.1, -0.05) is 6.07 Å². The van der Waals surface area contributed by atoms with E-state index in [4.69, 9.17) is 14.2 Å². The summed E-state index contributed by atoms with van der Waals surface area (Å²) < 4.78 is 55.3. The van der Waals surface area contributed by atoms with E-state index in [1.165, 1.54) is 17.0 Å². The van der Waals surface area contributed by atoms with Gasteiger partial charge in [0.2, 0.25) is 11.8 Å². The monoisotopic (exact) mass is 702 g/mol. The number of imide groups is 1. The number of alkyl halides is 1. The van der Waals surface area contributed by atoms with Crippen LogP contribution in [0, 0.1) is 0 Å². The second-order valence-corrected chi connectivity index (χ2v) is 14.1. The summed E-state index contributed by atoms with van der Waals surface area (Å²) in [5.74, 6) is -0.660. The van der Waals surface area contributed by atoms with Crippen LogP contribution in [-0.4, -0.2) is 106 Å². The largest absolute Gasteiger partial charge is 0.491 e. The number of fused-ring (bicyclic) bond motifs is 2. The summed E-state index contributed by atoms with van der Waals surface area (Å²) in [5, 5.41) is 17.6. The van der Waals surface area contributed by atoms with Crippen LogP contribution in [0.3, 0.4) is 0 Å². The Hall–Kier alpha value is -4.29. The molecule has 0 bridgehead atoms. The van der Waals surface area contributed by atoms with Crippen LogP contribution in [-0.2, 0) is 41.9 Å². The number of nitrogens with one attached hydrogen (secondary N) is 4. The first kappa shape index (κ1) is 34.6. The molecule has 0 saturated carbocycles. The Morgan fingerprint density at radius 3 is 2.59 bits per heavy atom. The first-order valence-corrected chi connectivity index (χ1v) is 17.9. The minimum absolute atomic E-state index is 0.0690. The standard InChI is InChI=1S/C32H39FN6O9S/c1-49(44,45)27-7-6-26(21-15-23(33)30(41)29(21)27)48-14-13-47-12-11-46-10-9-39-35-17-19(37-39)16-34-24-4-2-3-20-22(24)18-38(32(20)43)25-5-8-28(40)36-31(25)42/h2-4,6-7,17,23,25,30,34-35,37,41H,5,8-16,18H2,1H3,(H,36,40,42)/t23-,25?,30+/m0/s1. The number of aliphatic hydroxyl groups is 1. The summed E-state index contributed by atoms with van der Waals surface area (Å²) in [6, 6.07) is 7.57. The average molecular weight is 703 g/mol. The predicted molar refractivity (Wildman–Crippen MR) is 172 cm³/mol. The Kier molecular flexibility index (Phi) is 10.4. The second-order valence-electron chi connectivity index (χ2n) is 12.1. The highest BCUT2D eigenvalue weighted by molar-refractivity contribution is 7.90. The van der Waals surface area contributed by atoms with Gasteiger partial charge in [0, 0.05) is 59.8 Å². The lowest BCUT2D eigenvalue weighted by Gasteiger charge is -2.29. The van der Waals surface area contributed by atoms with Crippen molar-refractivity contribution in [1.82, 2.24) is 26.2 Å². The number of nitrogens with zero attached hydrogens (tertiary/aromatic N) is 2. The molecular formula is C32H39FN6O9S. The summed E-state index contributed by atoms with van der Waals surface area (Å²) >= 11 is 0. The molecule has 0 spiro atoms. The maximum absolute atomic E-state index is 14.2. The minimum Gasteiger partial charge on any atom is -0.491 e. The molecule has 1 saturated heterocycles. The molecule has 2 aromatic carbocycles. The molecule has 4 aliphatic rings. The number of piperidine rings is 1. The van der Waals surface area contributed by atoms with Gasteiger partial charge in [0.15, 0.2) is 9.84 Å². The highest BCUT2D eigenvalue weighted by atomic mass is 32.2. The zero-order valence-electron chi connectivity index (χ0n) is 26.9. The lowest BCUT2D eigenvalue weighted by atomic mass is 10.0. The van der Waals surface area contributed by atoms with E-state index >= 15 is 0 Å². The van der Waals surface area contributed by atoms with E-state index < -0.39 is 34.1 Å². The van der Waals surface area contributed by atoms with Crippen molar-refractivity contribution in [2.45, 2.75) is 49.0 Å². The van der Waals surface area contributed by atoms with Crippen molar-refractivity contribution in [1.29, 1.82) is 0 Å². The third-order valence-corrected chi connectivity index (χ3v) is 9.91. The number of rotatable bonds is 15. The van der Waals surface area contributed by atoms with Crippen molar-refractivity contribution < 1.29 is 46.5 Å². The first-order valence-electron chi connectivity index (χ1n) is 16.0. The SMILES string of the molecule is CS(=O)(=O)c1ccc(OCCOCCOCCN2NC=C(CNc3cccc4c3CN(C3CCC(=O)NC3=O)C4=O)N2)c2c1[C@H](O)[C@@H](F)C2. The van der Waals surface area contributed by atoms with E-state index in [9.17, 15) is 32.3 Å². The second kappa shape index (κ2) is 14.7. The van der Waals surface area contributed by atoms with Gasteiger partial charge in [0.1, 0.15) is 30.7 Å². The molecular weight excluding hydrogens is 663 g/mol. The molecule has 2 aromatic rings. The van der Waals surface area contributed by atoms with Crippen LogP contribution in [0.2, 0.25) is 0 Å². The zero-order chi connectivity index (χ0) is 34.7. The third kappa shape index (κ3) is 7.65. The van der Waals surface area contributed by atoms with Gasteiger partial charge in [-0.3, -0.25) is 19.7 Å². The molecule has 0 aromatic heterocycles. The number of aliphatic hydroxyl groups excluding tert-OH is 1. The lowest BCUT2D eigenvalue weighted by Crippen LogP contribution is -2.52. The molecule has 17 heteroatoms. The molecule has 264 valence electrons. The molecule has 3 atom stereocenters. The van der Waals surface area contributed by atoms with Crippen LogP contribution in [0.4, 0.5) is 10.1 Å². The smallest absolute Gasteiger partial charge is 0.255 e. The topological polar surface area (TPSA) is 188 Å². The van der Waals surface area contributed by atoms with E-state index in [0.29, 0.717) is 56.2 Å². The van der Waals surface area contributed by atoms with Crippen LogP contribution >= 0.6 is 0 Å². The van der Waals surface area contributed by atoms with E-state index in [0.717, 1.165) is 23.2 Å². The number of sulfone groups is 1. The normalized spacial score (nSPS) is 21.9. The third-order valence-electron chi connectivity index (χ3n) is 8.75. The summed E-state index contributed by atoms with van der Waals surface area (Å²) in [4.78, 5) is 38.4. The molecule has 1 unspecified atom stereocenters. The number of benzene rings is 2. The number of hydrogen-bond donors (Lipinski definition) is 5. The van der Waals surface area contributed by atoms with E-state index in [1.54, 1.807) is 17.3 Å². The summed E-state index contributed by atoms with van der Waals surface area (Å²) in [6.07, 6.45) is 0.124. The highest BCUT2D eigenvalue weighted by Crippen LogP contribution is 2.42. The van der Waals surface area contributed by atoms with Gasteiger partial charge in [0.25, 0.3) is 5.91 Å². The molecule has 1 aliphatic carbocycles.